The highest BCUT2D eigenvalue weighted by molar-refractivity contribution is 5.94. The Kier molecular flexibility index (Phi) is 7.65. The summed E-state index contributed by atoms with van der Waals surface area (Å²) >= 11 is 0. The first kappa shape index (κ1) is 26.3. The van der Waals surface area contributed by atoms with E-state index in [1.165, 1.54) is 6.07 Å². The zero-order valence-electron chi connectivity index (χ0n) is 21.6. The number of nitriles is 1. The number of hydrogen-bond acceptors (Lipinski definition) is 7. The number of halogens is 1. The molecule has 1 unspecified atom stereocenters. The van der Waals surface area contributed by atoms with E-state index in [4.69, 9.17) is 24.7 Å². The molecule has 1 heterocycles. The van der Waals surface area contributed by atoms with Gasteiger partial charge in [-0.3, -0.25) is 0 Å². The number of hydrogen-bond donors (Lipinski definition) is 1. The molecule has 0 aromatic heterocycles. The normalized spacial score (nSPS) is 14.0. The van der Waals surface area contributed by atoms with Crippen molar-refractivity contribution in [2.24, 2.45) is 5.73 Å². The van der Waals surface area contributed by atoms with E-state index in [0.29, 0.717) is 40.5 Å². The molecular weight excluding hydrogens is 511 g/mol. The van der Waals surface area contributed by atoms with E-state index in [1.807, 2.05) is 19.1 Å². The van der Waals surface area contributed by atoms with Crippen LogP contribution in [0.4, 0.5) is 4.39 Å². The van der Waals surface area contributed by atoms with Crippen molar-refractivity contribution >= 4 is 5.97 Å². The fourth-order valence-corrected chi connectivity index (χ4v) is 4.45. The maximum absolute atomic E-state index is 13.9. The van der Waals surface area contributed by atoms with Gasteiger partial charge in [-0.2, -0.15) is 5.26 Å². The summed E-state index contributed by atoms with van der Waals surface area (Å²) in [5, 5.41) is 9.87. The van der Waals surface area contributed by atoms with Crippen LogP contribution in [0.3, 0.4) is 0 Å². The van der Waals surface area contributed by atoms with Gasteiger partial charge in [-0.25, -0.2) is 9.18 Å². The molecule has 1 aliphatic rings. The molecule has 4 aromatic carbocycles. The zero-order chi connectivity index (χ0) is 28.1. The van der Waals surface area contributed by atoms with Crippen LogP contribution >= 0.6 is 0 Å². The summed E-state index contributed by atoms with van der Waals surface area (Å²) in [5.74, 6) is 0.122. The molecule has 0 bridgehead atoms. The maximum atomic E-state index is 13.9. The third kappa shape index (κ3) is 5.45. The summed E-state index contributed by atoms with van der Waals surface area (Å²) in [6, 6.07) is 27.5. The first-order valence-corrected chi connectivity index (χ1v) is 12.6. The Balaban J connectivity index is 1.38. The van der Waals surface area contributed by atoms with Gasteiger partial charge in [0.2, 0.25) is 5.88 Å². The number of nitrogens with zero attached hydrogens (tertiary/aromatic N) is 1. The summed E-state index contributed by atoms with van der Waals surface area (Å²) in [4.78, 5) is 12.9. The standard InChI is InChI=1S/C32H25FN2O5/c1-2-37-28-10-6-4-8-25(28)32(36)39-23-15-16-24-29(17-23)40-31(35)26(18-34)30(24)20-11-13-22(14-12-20)38-19-21-7-3-5-9-27(21)33/h3-17,30H,2,19,35H2,1H3. The molecule has 0 fully saturated rings. The van der Waals surface area contributed by atoms with Crippen LogP contribution in [0.15, 0.2) is 102 Å². The number of ether oxygens (including phenoxy) is 4. The van der Waals surface area contributed by atoms with Gasteiger partial charge in [0.05, 0.1) is 12.5 Å². The van der Waals surface area contributed by atoms with E-state index in [9.17, 15) is 14.4 Å². The number of benzene rings is 4. The molecule has 1 atom stereocenters. The number of carbonyl (C=O) groups excluding carboxylic acids is 1. The van der Waals surface area contributed by atoms with E-state index in [2.05, 4.69) is 6.07 Å². The largest absolute Gasteiger partial charge is 0.493 e. The second-order valence-corrected chi connectivity index (χ2v) is 8.89. The smallest absolute Gasteiger partial charge is 0.347 e. The van der Waals surface area contributed by atoms with Crippen molar-refractivity contribution in [2.75, 3.05) is 6.61 Å². The van der Waals surface area contributed by atoms with E-state index in [0.717, 1.165) is 5.56 Å². The molecule has 0 saturated carbocycles. The van der Waals surface area contributed by atoms with Gasteiger partial charge in [-0.15, -0.1) is 0 Å². The van der Waals surface area contributed by atoms with Crippen molar-refractivity contribution in [3.63, 3.8) is 0 Å². The average Bonchev–Trinajstić information content (AvgIpc) is 2.97. The SMILES string of the molecule is CCOc1ccccc1C(=O)Oc1ccc2c(c1)OC(N)=C(C#N)C2c1ccc(OCc2ccccc2F)cc1. The van der Waals surface area contributed by atoms with Crippen LogP contribution < -0.4 is 24.7 Å². The third-order valence-corrected chi connectivity index (χ3v) is 6.37. The monoisotopic (exact) mass is 536 g/mol. The van der Waals surface area contributed by atoms with Crippen molar-refractivity contribution in [3.05, 3.63) is 131 Å². The molecule has 0 amide bonds. The predicted molar refractivity (Wildman–Crippen MR) is 145 cm³/mol. The molecule has 4 aromatic rings. The number of carbonyl (C=O) groups is 1. The fraction of sp³-hybridized carbons (Fsp3) is 0.125. The van der Waals surface area contributed by atoms with Crippen LogP contribution in [0.1, 0.15) is 39.9 Å². The molecule has 0 radical (unpaired) electrons. The molecular formula is C32H25FN2O5. The summed E-state index contributed by atoms with van der Waals surface area (Å²) in [6.45, 7) is 2.32. The number of allylic oxidation sites excluding steroid dienone is 1. The van der Waals surface area contributed by atoms with Gasteiger partial charge in [-0.1, -0.05) is 48.5 Å². The van der Waals surface area contributed by atoms with Gasteiger partial charge in [0.25, 0.3) is 0 Å². The lowest BCUT2D eigenvalue weighted by Crippen LogP contribution is -2.21. The van der Waals surface area contributed by atoms with Gasteiger partial charge in [0, 0.05) is 17.2 Å². The molecule has 0 spiro atoms. The van der Waals surface area contributed by atoms with Crippen molar-refractivity contribution in [3.8, 4) is 29.1 Å². The van der Waals surface area contributed by atoms with Gasteiger partial charge in [0.1, 0.15) is 52.6 Å². The molecule has 7 nitrogen and oxygen atoms in total. The minimum absolute atomic E-state index is 0.0370. The molecule has 1 aliphatic heterocycles. The van der Waals surface area contributed by atoms with Crippen molar-refractivity contribution < 1.29 is 28.1 Å². The van der Waals surface area contributed by atoms with Gasteiger partial charge in [0.15, 0.2) is 0 Å². The third-order valence-electron chi connectivity index (χ3n) is 6.37. The Morgan fingerprint density at radius 2 is 1.70 bits per heavy atom. The zero-order valence-corrected chi connectivity index (χ0v) is 21.6. The van der Waals surface area contributed by atoms with Crippen LogP contribution in [0.25, 0.3) is 0 Å². The van der Waals surface area contributed by atoms with E-state index in [1.54, 1.807) is 72.8 Å². The minimum atomic E-state index is -0.580. The lowest BCUT2D eigenvalue weighted by Gasteiger charge is -2.27. The second kappa shape index (κ2) is 11.6. The van der Waals surface area contributed by atoms with Crippen molar-refractivity contribution in [1.29, 1.82) is 5.26 Å². The van der Waals surface area contributed by atoms with Gasteiger partial charge in [-0.05, 0) is 48.9 Å². The summed E-state index contributed by atoms with van der Waals surface area (Å²) < 4.78 is 36.6. The topological polar surface area (TPSA) is 104 Å². The van der Waals surface area contributed by atoms with E-state index < -0.39 is 11.9 Å². The molecule has 40 heavy (non-hydrogen) atoms. The summed E-state index contributed by atoms with van der Waals surface area (Å²) in [6.07, 6.45) is 0. The number of fused-ring (bicyclic) bond motifs is 1. The molecule has 200 valence electrons. The predicted octanol–water partition coefficient (Wildman–Crippen LogP) is 6.24. The number of para-hydroxylation sites is 1. The van der Waals surface area contributed by atoms with Crippen molar-refractivity contribution in [2.45, 2.75) is 19.4 Å². The highest BCUT2D eigenvalue weighted by Gasteiger charge is 2.31. The highest BCUT2D eigenvalue weighted by atomic mass is 19.1. The van der Waals surface area contributed by atoms with Crippen LogP contribution in [-0.4, -0.2) is 12.6 Å². The van der Waals surface area contributed by atoms with Gasteiger partial charge >= 0.3 is 5.97 Å². The number of nitrogens with two attached hydrogens (primary N) is 1. The lowest BCUT2D eigenvalue weighted by molar-refractivity contribution is 0.0730. The van der Waals surface area contributed by atoms with Crippen LogP contribution in [-0.2, 0) is 6.61 Å². The summed E-state index contributed by atoms with van der Waals surface area (Å²) in [7, 11) is 0. The van der Waals surface area contributed by atoms with E-state index in [-0.39, 0.29) is 29.6 Å². The Bertz CT molecular complexity index is 1630. The fourth-order valence-electron chi connectivity index (χ4n) is 4.45. The van der Waals surface area contributed by atoms with Crippen LogP contribution in [0, 0.1) is 17.1 Å². The summed E-state index contributed by atoms with van der Waals surface area (Å²) in [5.41, 5.74) is 8.59. The van der Waals surface area contributed by atoms with Crippen molar-refractivity contribution in [1.82, 2.24) is 0 Å². The molecule has 0 saturated heterocycles. The number of rotatable bonds is 8. The number of esters is 1. The van der Waals surface area contributed by atoms with E-state index >= 15 is 0 Å². The molecule has 5 rings (SSSR count). The minimum Gasteiger partial charge on any atom is -0.493 e. The highest BCUT2D eigenvalue weighted by Crippen LogP contribution is 2.43. The first-order valence-electron chi connectivity index (χ1n) is 12.6. The lowest BCUT2D eigenvalue weighted by atomic mass is 9.83. The average molecular weight is 537 g/mol. The second-order valence-electron chi connectivity index (χ2n) is 8.89. The Morgan fingerprint density at radius 3 is 2.45 bits per heavy atom. The molecule has 8 heteroatoms. The first-order chi connectivity index (χ1) is 19.5. The maximum Gasteiger partial charge on any atom is 0.347 e. The van der Waals surface area contributed by atoms with Crippen LogP contribution in [0.5, 0.6) is 23.0 Å². The molecule has 2 N–H and O–H groups in total. The molecule has 0 aliphatic carbocycles. The Labute approximate surface area is 230 Å². The Hall–Kier alpha value is -5.29. The van der Waals surface area contributed by atoms with Gasteiger partial charge < -0.3 is 24.7 Å². The Morgan fingerprint density at radius 1 is 0.975 bits per heavy atom. The quantitative estimate of drug-likeness (QED) is 0.210. The van der Waals surface area contributed by atoms with Crippen LogP contribution in [0.2, 0.25) is 0 Å².